The number of methoxy groups -OCH3 is 1. The molecule has 0 aliphatic rings. The molecule has 6 nitrogen and oxygen atoms in total. The summed E-state index contributed by atoms with van der Waals surface area (Å²) in [5, 5.41) is 13.9. The van der Waals surface area contributed by atoms with Gasteiger partial charge >= 0.3 is 5.97 Å². The van der Waals surface area contributed by atoms with Gasteiger partial charge in [0.15, 0.2) is 0 Å². The van der Waals surface area contributed by atoms with Crippen molar-refractivity contribution in [3.05, 3.63) is 105 Å². The first-order valence-corrected chi connectivity index (χ1v) is 11.3. The highest BCUT2D eigenvalue weighted by atomic mass is 35.5. The monoisotopic (exact) mass is 503 g/mol. The zero-order valence-electron chi connectivity index (χ0n) is 18.6. The van der Waals surface area contributed by atoms with Crippen LogP contribution in [0.2, 0.25) is 10.0 Å². The number of ether oxygens (including phenoxy) is 1. The number of carbonyl (C=O) groups is 2. The summed E-state index contributed by atoms with van der Waals surface area (Å²) >= 11 is 12.1. The van der Waals surface area contributed by atoms with Gasteiger partial charge in [0.25, 0.3) is 5.91 Å². The zero-order chi connectivity index (χ0) is 24.9. The Morgan fingerprint density at radius 3 is 2.63 bits per heavy atom. The van der Waals surface area contributed by atoms with E-state index in [9.17, 15) is 14.9 Å². The van der Waals surface area contributed by atoms with Crippen LogP contribution in [0.5, 0.6) is 0 Å². The Hall–Kier alpha value is -4.05. The van der Waals surface area contributed by atoms with E-state index in [-0.39, 0.29) is 10.6 Å². The van der Waals surface area contributed by atoms with Gasteiger partial charge in [-0.05, 0) is 48.0 Å². The summed E-state index contributed by atoms with van der Waals surface area (Å²) in [5.74, 6) is -0.988. The van der Waals surface area contributed by atoms with E-state index in [0.717, 1.165) is 16.5 Å². The molecule has 0 fully saturated rings. The van der Waals surface area contributed by atoms with Gasteiger partial charge in [-0.1, -0.05) is 53.5 Å². The van der Waals surface area contributed by atoms with Gasteiger partial charge in [-0.15, -0.1) is 0 Å². The molecule has 0 aliphatic carbocycles. The largest absolute Gasteiger partial charge is 0.465 e. The number of halogens is 2. The van der Waals surface area contributed by atoms with Crippen LogP contribution in [0, 0.1) is 11.3 Å². The number of hydrogen-bond acceptors (Lipinski definition) is 4. The van der Waals surface area contributed by atoms with Crippen molar-refractivity contribution in [1.29, 1.82) is 5.26 Å². The van der Waals surface area contributed by atoms with Crippen molar-refractivity contribution in [3.63, 3.8) is 0 Å². The lowest BCUT2D eigenvalue weighted by Crippen LogP contribution is -2.13. The number of carbonyl (C=O) groups excluding carboxylic acids is 2. The van der Waals surface area contributed by atoms with E-state index in [1.807, 2.05) is 47.2 Å². The van der Waals surface area contributed by atoms with Gasteiger partial charge in [0.1, 0.15) is 11.6 Å². The third kappa shape index (κ3) is 5.38. The molecule has 0 radical (unpaired) electrons. The number of esters is 1. The summed E-state index contributed by atoms with van der Waals surface area (Å²) in [4.78, 5) is 24.7. The van der Waals surface area contributed by atoms with E-state index in [4.69, 9.17) is 27.9 Å². The number of fused-ring (bicyclic) bond motifs is 1. The van der Waals surface area contributed by atoms with Gasteiger partial charge in [0.2, 0.25) is 0 Å². The lowest BCUT2D eigenvalue weighted by atomic mass is 10.1. The van der Waals surface area contributed by atoms with Crippen molar-refractivity contribution >= 4 is 57.7 Å². The second-order valence-electron chi connectivity index (χ2n) is 7.67. The van der Waals surface area contributed by atoms with Crippen molar-refractivity contribution in [3.8, 4) is 6.07 Å². The van der Waals surface area contributed by atoms with E-state index in [1.165, 1.54) is 13.2 Å². The quantitative estimate of drug-likeness (QED) is 0.189. The first-order chi connectivity index (χ1) is 16.9. The molecular weight excluding hydrogens is 485 g/mol. The highest BCUT2D eigenvalue weighted by Crippen LogP contribution is 2.27. The van der Waals surface area contributed by atoms with Crippen LogP contribution >= 0.6 is 23.2 Å². The van der Waals surface area contributed by atoms with E-state index < -0.39 is 11.9 Å². The highest BCUT2D eigenvalue weighted by molar-refractivity contribution is 6.37. The Morgan fingerprint density at radius 1 is 1.09 bits per heavy atom. The van der Waals surface area contributed by atoms with Crippen molar-refractivity contribution in [1.82, 2.24) is 4.57 Å². The fourth-order valence-electron chi connectivity index (χ4n) is 3.72. The number of nitrogens with zero attached hydrogens (tertiary/aromatic N) is 2. The second kappa shape index (κ2) is 10.5. The smallest absolute Gasteiger partial charge is 0.337 e. The second-order valence-corrected chi connectivity index (χ2v) is 8.51. The molecule has 0 saturated heterocycles. The zero-order valence-corrected chi connectivity index (χ0v) is 20.1. The molecule has 8 heteroatoms. The molecule has 174 valence electrons. The number of nitrogens with one attached hydrogen (secondary N) is 1. The van der Waals surface area contributed by atoms with Crippen LogP contribution in [0.15, 0.2) is 78.5 Å². The highest BCUT2D eigenvalue weighted by Gasteiger charge is 2.15. The van der Waals surface area contributed by atoms with Crippen LogP contribution in [-0.4, -0.2) is 23.6 Å². The summed E-state index contributed by atoms with van der Waals surface area (Å²) in [6.07, 6.45) is 3.41. The van der Waals surface area contributed by atoms with Crippen molar-refractivity contribution in [2.45, 2.75) is 6.54 Å². The lowest BCUT2D eigenvalue weighted by Gasteiger charge is -2.07. The van der Waals surface area contributed by atoms with Crippen molar-refractivity contribution < 1.29 is 14.3 Å². The topological polar surface area (TPSA) is 84.1 Å². The van der Waals surface area contributed by atoms with E-state index in [1.54, 1.807) is 36.4 Å². The number of aromatic nitrogens is 1. The number of anilines is 1. The molecule has 1 aromatic heterocycles. The number of amides is 1. The molecule has 0 saturated carbocycles. The fourth-order valence-corrected chi connectivity index (χ4v) is 4.17. The average Bonchev–Trinajstić information content (AvgIpc) is 3.20. The predicted octanol–water partition coefficient (Wildman–Crippen LogP) is 6.33. The minimum Gasteiger partial charge on any atom is -0.465 e. The van der Waals surface area contributed by atoms with Crippen molar-refractivity contribution in [2.24, 2.45) is 0 Å². The Kier molecular flexibility index (Phi) is 7.21. The minimum absolute atomic E-state index is 0.0772. The minimum atomic E-state index is -0.584. The van der Waals surface area contributed by atoms with Crippen LogP contribution in [-0.2, 0) is 16.1 Å². The van der Waals surface area contributed by atoms with Gasteiger partial charge in [0.05, 0.1) is 23.4 Å². The molecule has 1 heterocycles. The molecule has 4 rings (SSSR count). The molecule has 1 amide bonds. The van der Waals surface area contributed by atoms with Crippen LogP contribution in [0.3, 0.4) is 0 Å². The molecule has 0 spiro atoms. The summed E-state index contributed by atoms with van der Waals surface area (Å²) in [6.45, 7) is 0.480. The number of nitriles is 1. The average molecular weight is 504 g/mol. The Bertz CT molecular complexity index is 1520. The van der Waals surface area contributed by atoms with E-state index in [0.29, 0.717) is 28.4 Å². The van der Waals surface area contributed by atoms with Crippen LogP contribution in [0.25, 0.3) is 17.0 Å². The standard InChI is InChI=1S/C27H19Cl2N3O3/c1-35-27(34)18-6-4-5-17(11-18)15-32-16-20(22-7-2-3-8-25(22)32)12-19(14-30)26(33)31-24-10-9-21(28)13-23(24)29/h2-13,16H,15H2,1H3,(H,31,33)/b19-12-. The first kappa shape index (κ1) is 24.1. The van der Waals surface area contributed by atoms with Gasteiger partial charge in [-0.25, -0.2) is 4.79 Å². The normalized spacial score (nSPS) is 11.2. The fraction of sp³-hybridized carbons (Fsp3) is 0.0741. The summed E-state index contributed by atoms with van der Waals surface area (Å²) in [6, 6.07) is 21.5. The van der Waals surface area contributed by atoms with Crippen LogP contribution in [0.4, 0.5) is 5.69 Å². The number of hydrogen-bond donors (Lipinski definition) is 1. The molecule has 4 aromatic rings. The maximum atomic E-state index is 12.8. The molecule has 0 atom stereocenters. The summed E-state index contributed by atoms with van der Waals surface area (Å²) in [7, 11) is 1.34. The lowest BCUT2D eigenvalue weighted by molar-refractivity contribution is -0.112. The molecule has 0 aliphatic heterocycles. The molecule has 35 heavy (non-hydrogen) atoms. The maximum Gasteiger partial charge on any atom is 0.337 e. The SMILES string of the molecule is COC(=O)c1cccc(Cn2cc(/C=C(/C#N)C(=O)Nc3ccc(Cl)cc3Cl)c3ccccc32)c1. The molecule has 1 N–H and O–H groups in total. The first-order valence-electron chi connectivity index (χ1n) is 10.5. The molecule has 0 bridgehead atoms. The maximum absolute atomic E-state index is 12.8. The third-order valence-corrected chi connectivity index (χ3v) is 5.91. The van der Waals surface area contributed by atoms with E-state index >= 15 is 0 Å². The van der Waals surface area contributed by atoms with E-state index in [2.05, 4.69) is 5.32 Å². The predicted molar refractivity (Wildman–Crippen MR) is 138 cm³/mol. The Morgan fingerprint density at radius 2 is 1.89 bits per heavy atom. The third-order valence-electron chi connectivity index (χ3n) is 5.36. The van der Waals surface area contributed by atoms with Crippen LogP contribution in [0.1, 0.15) is 21.5 Å². The number of rotatable bonds is 6. The molecule has 0 unspecified atom stereocenters. The number of para-hydroxylation sites is 1. The van der Waals surface area contributed by atoms with Gasteiger partial charge < -0.3 is 14.6 Å². The molecule has 3 aromatic carbocycles. The number of benzene rings is 3. The summed E-state index contributed by atoms with van der Waals surface area (Å²) in [5.41, 5.74) is 3.27. The van der Waals surface area contributed by atoms with Gasteiger partial charge in [0, 0.05) is 34.2 Å². The Labute approximate surface area is 211 Å². The van der Waals surface area contributed by atoms with Crippen LogP contribution < -0.4 is 5.32 Å². The molecular formula is C27H19Cl2N3O3. The summed E-state index contributed by atoms with van der Waals surface area (Å²) < 4.78 is 6.81. The van der Waals surface area contributed by atoms with Crippen molar-refractivity contribution in [2.75, 3.05) is 12.4 Å². The van der Waals surface area contributed by atoms with Gasteiger partial charge in [-0.2, -0.15) is 5.26 Å². The Balaban J connectivity index is 1.67. The van der Waals surface area contributed by atoms with Gasteiger partial charge in [-0.3, -0.25) is 4.79 Å².